The second-order valence-electron chi connectivity index (χ2n) is 3.54. The predicted molar refractivity (Wildman–Crippen MR) is 62.5 cm³/mol. The van der Waals surface area contributed by atoms with E-state index in [2.05, 4.69) is 21.2 Å². The molecule has 0 saturated carbocycles. The van der Waals surface area contributed by atoms with Gasteiger partial charge in [-0.1, -0.05) is 12.1 Å². The second kappa shape index (κ2) is 5.41. The number of alkyl halides is 3. The summed E-state index contributed by atoms with van der Waals surface area (Å²) in [6.45, 7) is 1.38. The van der Waals surface area contributed by atoms with Gasteiger partial charge >= 0.3 is 6.18 Å². The van der Waals surface area contributed by atoms with Crippen molar-refractivity contribution in [2.75, 3.05) is 11.9 Å². The quantitative estimate of drug-likeness (QED) is 0.920. The molecule has 1 N–H and O–H groups in total. The molecule has 0 aromatic heterocycles. The summed E-state index contributed by atoms with van der Waals surface area (Å²) >= 11 is 3.28. The van der Waals surface area contributed by atoms with Gasteiger partial charge < -0.3 is 5.32 Å². The van der Waals surface area contributed by atoms with Crippen molar-refractivity contribution in [3.8, 4) is 6.07 Å². The van der Waals surface area contributed by atoms with Crippen LogP contribution in [-0.2, 0) is 0 Å². The third kappa shape index (κ3) is 3.63. The number of aryl methyl sites for hydroxylation is 1. The minimum Gasteiger partial charge on any atom is -0.382 e. The van der Waals surface area contributed by atoms with Crippen LogP contribution in [0.4, 0.5) is 18.9 Å². The molecule has 1 atom stereocenters. The van der Waals surface area contributed by atoms with Crippen molar-refractivity contribution in [1.82, 2.24) is 0 Å². The lowest BCUT2D eigenvalue weighted by atomic mass is 10.1. The van der Waals surface area contributed by atoms with Gasteiger partial charge in [0, 0.05) is 16.7 Å². The number of halogens is 4. The van der Waals surface area contributed by atoms with E-state index in [0.717, 1.165) is 5.56 Å². The topological polar surface area (TPSA) is 35.8 Å². The van der Waals surface area contributed by atoms with Gasteiger partial charge in [-0.15, -0.1) is 0 Å². The van der Waals surface area contributed by atoms with Crippen LogP contribution in [0.2, 0.25) is 0 Å². The maximum atomic E-state index is 12.3. The molecule has 0 spiro atoms. The van der Waals surface area contributed by atoms with E-state index in [1.54, 1.807) is 12.1 Å². The van der Waals surface area contributed by atoms with E-state index in [9.17, 15) is 13.2 Å². The Morgan fingerprint density at radius 1 is 1.47 bits per heavy atom. The highest BCUT2D eigenvalue weighted by atomic mass is 79.9. The van der Waals surface area contributed by atoms with Gasteiger partial charge in [0.2, 0.25) is 0 Å². The fourth-order valence-electron chi connectivity index (χ4n) is 1.23. The minimum atomic E-state index is -4.50. The molecule has 0 bridgehead atoms. The van der Waals surface area contributed by atoms with Gasteiger partial charge in [-0.05, 0) is 34.5 Å². The summed E-state index contributed by atoms with van der Waals surface area (Å²) in [6, 6.07) is 6.47. The molecule has 0 fully saturated rings. The van der Waals surface area contributed by atoms with Crippen LogP contribution in [0.3, 0.4) is 0 Å². The number of nitrogens with zero attached hydrogens (tertiary/aromatic N) is 1. The van der Waals surface area contributed by atoms with Crippen molar-refractivity contribution in [3.05, 3.63) is 28.2 Å². The number of anilines is 1. The van der Waals surface area contributed by atoms with E-state index < -0.39 is 18.6 Å². The molecule has 0 saturated heterocycles. The normalized spacial score (nSPS) is 12.9. The van der Waals surface area contributed by atoms with Crippen molar-refractivity contribution in [1.29, 1.82) is 5.26 Å². The summed E-state index contributed by atoms with van der Waals surface area (Å²) in [6.07, 6.45) is -4.50. The van der Waals surface area contributed by atoms with Gasteiger partial charge in [-0.2, -0.15) is 18.4 Å². The first-order chi connectivity index (χ1) is 7.86. The molecule has 0 radical (unpaired) electrons. The van der Waals surface area contributed by atoms with Crippen molar-refractivity contribution in [2.24, 2.45) is 5.92 Å². The Hall–Kier alpha value is -1.22. The van der Waals surface area contributed by atoms with Crippen LogP contribution in [0.25, 0.3) is 0 Å². The summed E-state index contributed by atoms with van der Waals surface area (Å²) in [5.74, 6) is -2.00. The molecule has 92 valence electrons. The number of nitrogens with one attached hydrogen (secondary N) is 1. The van der Waals surface area contributed by atoms with E-state index in [-0.39, 0.29) is 0 Å². The molecule has 2 nitrogen and oxygen atoms in total. The fourth-order valence-corrected chi connectivity index (χ4v) is 1.64. The highest BCUT2D eigenvalue weighted by molar-refractivity contribution is 9.10. The second-order valence-corrected chi connectivity index (χ2v) is 4.33. The lowest BCUT2D eigenvalue weighted by molar-refractivity contribution is -0.155. The third-order valence-electron chi connectivity index (χ3n) is 2.24. The largest absolute Gasteiger partial charge is 0.406 e. The SMILES string of the molecule is Cc1cccc(NCC(C#N)C(F)(F)F)c1Br. The van der Waals surface area contributed by atoms with Crippen LogP contribution in [-0.4, -0.2) is 12.7 Å². The molecule has 1 aromatic rings. The maximum Gasteiger partial charge on any atom is 0.406 e. The highest BCUT2D eigenvalue weighted by Gasteiger charge is 2.39. The lowest BCUT2D eigenvalue weighted by Gasteiger charge is -2.16. The van der Waals surface area contributed by atoms with E-state index in [4.69, 9.17) is 5.26 Å². The highest BCUT2D eigenvalue weighted by Crippen LogP contribution is 2.29. The predicted octanol–water partition coefficient (Wildman–Crippen LogP) is 3.87. The van der Waals surface area contributed by atoms with Crippen molar-refractivity contribution in [3.63, 3.8) is 0 Å². The zero-order valence-corrected chi connectivity index (χ0v) is 10.6. The molecule has 1 unspecified atom stereocenters. The van der Waals surface area contributed by atoms with Crippen LogP contribution < -0.4 is 5.32 Å². The number of hydrogen-bond donors (Lipinski definition) is 1. The first-order valence-corrected chi connectivity index (χ1v) is 5.61. The third-order valence-corrected chi connectivity index (χ3v) is 3.29. The zero-order chi connectivity index (χ0) is 13.1. The first kappa shape index (κ1) is 13.8. The molecular weight excluding hydrogens is 297 g/mol. The molecular formula is C11H10BrF3N2. The average Bonchev–Trinajstić information content (AvgIpc) is 2.23. The molecule has 6 heteroatoms. The lowest BCUT2D eigenvalue weighted by Crippen LogP contribution is -2.28. The van der Waals surface area contributed by atoms with Gasteiger partial charge in [0.25, 0.3) is 0 Å². The molecule has 1 rings (SSSR count). The van der Waals surface area contributed by atoms with Crippen LogP contribution in [0.1, 0.15) is 5.56 Å². The molecule has 0 aliphatic rings. The number of hydrogen-bond acceptors (Lipinski definition) is 2. The average molecular weight is 307 g/mol. The molecule has 0 amide bonds. The van der Waals surface area contributed by atoms with Gasteiger partial charge in [0.1, 0.15) is 0 Å². The Bertz CT molecular complexity index is 437. The molecule has 17 heavy (non-hydrogen) atoms. The minimum absolute atomic E-state index is 0.456. The summed E-state index contributed by atoms with van der Waals surface area (Å²) < 4.78 is 37.7. The van der Waals surface area contributed by atoms with Crippen molar-refractivity contribution in [2.45, 2.75) is 13.1 Å². The van der Waals surface area contributed by atoms with E-state index in [1.165, 1.54) is 6.07 Å². The van der Waals surface area contributed by atoms with Crippen molar-refractivity contribution < 1.29 is 13.2 Å². The fraction of sp³-hybridized carbons (Fsp3) is 0.364. The van der Waals surface area contributed by atoms with Gasteiger partial charge in [0.05, 0.1) is 6.07 Å². The first-order valence-electron chi connectivity index (χ1n) is 4.81. The number of nitriles is 1. The number of benzene rings is 1. The smallest absolute Gasteiger partial charge is 0.382 e. The molecule has 1 aromatic carbocycles. The van der Waals surface area contributed by atoms with Gasteiger partial charge in [-0.3, -0.25) is 0 Å². The van der Waals surface area contributed by atoms with E-state index in [1.807, 2.05) is 13.0 Å². The Morgan fingerprint density at radius 2 is 2.12 bits per heavy atom. The van der Waals surface area contributed by atoms with Crippen LogP contribution in [0, 0.1) is 24.2 Å². The van der Waals surface area contributed by atoms with Crippen LogP contribution >= 0.6 is 15.9 Å². The van der Waals surface area contributed by atoms with Crippen molar-refractivity contribution >= 4 is 21.6 Å². The van der Waals surface area contributed by atoms with E-state index >= 15 is 0 Å². The summed E-state index contributed by atoms with van der Waals surface area (Å²) in [4.78, 5) is 0. The maximum absolute atomic E-state index is 12.3. The Balaban J connectivity index is 2.74. The van der Waals surface area contributed by atoms with Gasteiger partial charge in [0.15, 0.2) is 5.92 Å². The standard InChI is InChI=1S/C11H10BrF3N2/c1-7-3-2-4-9(10(7)12)17-6-8(5-16)11(13,14)15/h2-4,8,17H,6H2,1H3. The molecule has 0 aliphatic carbocycles. The Labute approximate surface area is 106 Å². The molecule has 0 heterocycles. The van der Waals surface area contributed by atoms with Crippen LogP contribution in [0.5, 0.6) is 0 Å². The Kier molecular flexibility index (Phi) is 4.40. The molecule has 0 aliphatic heterocycles. The summed E-state index contributed by atoms with van der Waals surface area (Å²) in [7, 11) is 0. The Morgan fingerprint density at radius 3 is 2.65 bits per heavy atom. The van der Waals surface area contributed by atoms with Gasteiger partial charge in [-0.25, -0.2) is 0 Å². The van der Waals surface area contributed by atoms with E-state index in [0.29, 0.717) is 10.2 Å². The number of rotatable bonds is 3. The van der Waals surface area contributed by atoms with Crippen LogP contribution in [0.15, 0.2) is 22.7 Å². The summed E-state index contributed by atoms with van der Waals surface area (Å²) in [5.41, 5.74) is 1.46. The summed E-state index contributed by atoms with van der Waals surface area (Å²) in [5, 5.41) is 11.1. The monoisotopic (exact) mass is 306 g/mol. The zero-order valence-electron chi connectivity index (χ0n) is 8.98.